The quantitative estimate of drug-likeness (QED) is 0.863. The molecule has 0 amide bonds. The first-order chi connectivity index (χ1) is 6.31. The van der Waals surface area contributed by atoms with Gasteiger partial charge in [-0.1, -0.05) is 22.0 Å². The zero-order valence-electron chi connectivity index (χ0n) is 7.59. The van der Waals surface area contributed by atoms with E-state index in [1.807, 2.05) is 0 Å². The zero-order valence-corrected chi connectivity index (χ0v) is 9.18. The van der Waals surface area contributed by atoms with Crippen LogP contribution < -0.4 is 5.73 Å². The highest BCUT2D eigenvalue weighted by atomic mass is 79.9. The summed E-state index contributed by atoms with van der Waals surface area (Å²) in [5, 5.41) is 0. The molecule has 0 spiro atoms. The lowest BCUT2D eigenvalue weighted by Crippen LogP contribution is -2.04. The average molecular weight is 240 g/mol. The van der Waals surface area contributed by atoms with Crippen molar-refractivity contribution in [2.45, 2.75) is 25.2 Å². The summed E-state index contributed by atoms with van der Waals surface area (Å²) in [6.07, 6.45) is 3.73. The minimum atomic E-state index is 0.746. The van der Waals surface area contributed by atoms with Crippen LogP contribution in [0.15, 0.2) is 22.7 Å². The molecule has 0 bridgehead atoms. The minimum Gasteiger partial charge on any atom is -0.330 e. The summed E-state index contributed by atoms with van der Waals surface area (Å²) in [7, 11) is 0. The molecule has 0 saturated heterocycles. The van der Waals surface area contributed by atoms with Gasteiger partial charge in [0.1, 0.15) is 0 Å². The van der Waals surface area contributed by atoms with E-state index >= 15 is 0 Å². The summed E-state index contributed by atoms with van der Waals surface area (Å²) in [5.41, 5.74) is 8.54. The first-order valence-corrected chi connectivity index (χ1v) is 5.59. The Kier molecular flexibility index (Phi) is 2.70. The maximum absolute atomic E-state index is 5.58. The largest absolute Gasteiger partial charge is 0.330 e. The third-order valence-corrected chi connectivity index (χ3v) is 3.03. The standard InChI is InChI=1S/C11H14BrN/c12-10-3-4-11(8-1-2-8)9(7-10)5-6-13/h3-4,7-8H,1-2,5-6,13H2. The van der Waals surface area contributed by atoms with Crippen molar-refractivity contribution in [2.24, 2.45) is 5.73 Å². The van der Waals surface area contributed by atoms with Crippen molar-refractivity contribution in [3.8, 4) is 0 Å². The van der Waals surface area contributed by atoms with E-state index in [0.29, 0.717) is 0 Å². The van der Waals surface area contributed by atoms with Gasteiger partial charge in [-0.2, -0.15) is 0 Å². The van der Waals surface area contributed by atoms with E-state index in [1.54, 1.807) is 0 Å². The summed E-state index contributed by atoms with van der Waals surface area (Å²) in [6.45, 7) is 0.746. The molecule has 0 aliphatic heterocycles. The Morgan fingerprint density at radius 1 is 1.38 bits per heavy atom. The molecular weight excluding hydrogens is 226 g/mol. The highest BCUT2D eigenvalue weighted by Crippen LogP contribution is 2.42. The summed E-state index contributed by atoms with van der Waals surface area (Å²) < 4.78 is 1.17. The van der Waals surface area contributed by atoms with Crippen LogP contribution in [0.3, 0.4) is 0 Å². The van der Waals surface area contributed by atoms with Crippen LogP contribution in [0.1, 0.15) is 29.9 Å². The lowest BCUT2D eigenvalue weighted by atomic mass is 10.0. The monoisotopic (exact) mass is 239 g/mol. The first-order valence-electron chi connectivity index (χ1n) is 4.79. The van der Waals surface area contributed by atoms with Gasteiger partial charge in [-0.3, -0.25) is 0 Å². The molecule has 2 heteroatoms. The number of rotatable bonds is 3. The molecule has 2 N–H and O–H groups in total. The molecule has 13 heavy (non-hydrogen) atoms. The van der Waals surface area contributed by atoms with Crippen LogP contribution in [0.5, 0.6) is 0 Å². The summed E-state index contributed by atoms with van der Waals surface area (Å²) in [6, 6.07) is 6.58. The van der Waals surface area contributed by atoms with Crippen LogP contribution in [0, 0.1) is 0 Å². The van der Waals surface area contributed by atoms with Gasteiger partial charge in [0, 0.05) is 4.47 Å². The van der Waals surface area contributed by atoms with Gasteiger partial charge in [0.25, 0.3) is 0 Å². The van der Waals surface area contributed by atoms with Crippen LogP contribution in [0.4, 0.5) is 0 Å². The van der Waals surface area contributed by atoms with Crippen molar-refractivity contribution in [1.29, 1.82) is 0 Å². The topological polar surface area (TPSA) is 26.0 Å². The second-order valence-corrected chi connectivity index (χ2v) is 4.57. The number of halogens is 1. The molecule has 1 aromatic carbocycles. The van der Waals surface area contributed by atoms with Crippen LogP contribution in [0.25, 0.3) is 0 Å². The van der Waals surface area contributed by atoms with Gasteiger partial charge in [-0.25, -0.2) is 0 Å². The van der Waals surface area contributed by atoms with E-state index in [2.05, 4.69) is 34.1 Å². The van der Waals surface area contributed by atoms with E-state index in [4.69, 9.17) is 5.73 Å². The lowest BCUT2D eigenvalue weighted by Gasteiger charge is -2.07. The molecule has 2 rings (SSSR count). The molecule has 1 nitrogen and oxygen atoms in total. The molecule has 70 valence electrons. The fraction of sp³-hybridized carbons (Fsp3) is 0.455. The highest BCUT2D eigenvalue weighted by Gasteiger charge is 2.25. The van der Waals surface area contributed by atoms with Crippen LogP contribution >= 0.6 is 15.9 Å². The molecule has 0 aromatic heterocycles. The second-order valence-electron chi connectivity index (χ2n) is 3.66. The summed E-state index contributed by atoms with van der Waals surface area (Å²) in [5.74, 6) is 0.828. The van der Waals surface area contributed by atoms with Gasteiger partial charge in [0.05, 0.1) is 0 Å². The lowest BCUT2D eigenvalue weighted by molar-refractivity contribution is 0.934. The molecule has 0 atom stereocenters. The number of hydrogen-bond acceptors (Lipinski definition) is 1. The van der Waals surface area contributed by atoms with Crippen molar-refractivity contribution in [3.05, 3.63) is 33.8 Å². The van der Waals surface area contributed by atoms with Gasteiger partial charge in [0.15, 0.2) is 0 Å². The molecule has 0 radical (unpaired) electrons. The highest BCUT2D eigenvalue weighted by molar-refractivity contribution is 9.10. The second kappa shape index (κ2) is 3.81. The van der Waals surface area contributed by atoms with Crippen molar-refractivity contribution >= 4 is 15.9 Å². The molecule has 1 saturated carbocycles. The van der Waals surface area contributed by atoms with Crippen LogP contribution in [0.2, 0.25) is 0 Å². The Morgan fingerprint density at radius 3 is 2.77 bits per heavy atom. The summed E-state index contributed by atoms with van der Waals surface area (Å²) >= 11 is 3.50. The third-order valence-electron chi connectivity index (χ3n) is 2.54. The fourth-order valence-electron chi connectivity index (χ4n) is 1.74. The van der Waals surface area contributed by atoms with Crippen LogP contribution in [-0.4, -0.2) is 6.54 Å². The van der Waals surface area contributed by atoms with E-state index in [9.17, 15) is 0 Å². The maximum Gasteiger partial charge on any atom is 0.0178 e. The normalized spacial score (nSPS) is 16.2. The van der Waals surface area contributed by atoms with E-state index < -0.39 is 0 Å². The number of benzene rings is 1. The summed E-state index contributed by atoms with van der Waals surface area (Å²) in [4.78, 5) is 0. The fourth-order valence-corrected chi connectivity index (χ4v) is 2.15. The van der Waals surface area contributed by atoms with Gasteiger partial charge < -0.3 is 5.73 Å². The van der Waals surface area contributed by atoms with Gasteiger partial charge >= 0.3 is 0 Å². The Balaban J connectivity index is 2.30. The predicted molar refractivity (Wildman–Crippen MR) is 58.9 cm³/mol. The number of nitrogens with two attached hydrogens (primary N) is 1. The molecular formula is C11H14BrN. The molecule has 1 aliphatic carbocycles. The predicted octanol–water partition coefficient (Wildman–Crippen LogP) is 2.83. The Labute approximate surface area is 87.5 Å². The van der Waals surface area contributed by atoms with Gasteiger partial charge in [-0.05, 0) is 55.0 Å². The van der Waals surface area contributed by atoms with Crippen molar-refractivity contribution in [2.75, 3.05) is 6.54 Å². The van der Waals surface area contributed by atoms with E-state index in [0.717, 1.165) is 18.9 Å². The first kappa shape index (κ1) is 9.22. The maximum atomic E-state index is 5.58. The van der Waals surface area contributed by atoms with Crippen molar-refractivity contribution < 1.29 is 0 Å². The van der Waals surface area contributed by atoms with Crippen molar-refractivity contribution in [3.63, 3.8) is 0 Å². The third kappa shape index (κ3) is 2.12. The Hall–Kier alpha value is -0.340. The molecule has 1 fully saturated rings. The average Bonchev–Trinajstić information content (AvgIpc) is 2.88. The molecule has 0 heterocycles. The zero-order chi connectivity index (χ0) is 9.26. The minimum absolute atomic E-state index is 0.746. The number of hydrogen-bond donors (Lipinski definition) is 1. The molecule has 1 aliphatic rings. The molecule has 0 unspecified atom stereocenters. The van der Waals surface area contributed by atoms with Gasteiger partial charge in [-0.15, -0.1) is 0 Å². The molecule has 1 aromatic rings. The van der Waals surface area contributed by atoms with Gasteiger partial charge in [0.2, 0.25) is 0 Å². The van der Waals surface area contributed by atoms with Crippen LogP contribution in [-0.2, 0) is 6.42 Å². The smallest absolute Gasteiger partial charge is 0.0178 e. The Bertz CT molecular complexity index is 305. The van der Waals surface area contributed by atoms with E-state index in [-0.39, 0.29) is 0 Å². The van der Waals surface area contributed by atoms with Crippen molar-refractivity contribution in [1.82, 2.24) is 0 Å². The van der Waals surface area contributed by atoms with E-state index in [1.165, 1.54) is 28.4 Å². The SMILES string of the molecule is NCCc1cc(Br)ccc1C1CC1. The Morgan fingerprint density at radius 2 is 2.15 bits per heavy atom.